The molecular weight excluding hydrogens is 304 g/mol. The van der Waals surface area contributed by atoms with Crippen LogP contribution < -0.4 is 11.5 Å². The molecule has 6 heteroatoms. The average molecular weight is 317 g/mol. The molecule has 0 saturated carbocycles. The number of anilines is 2. The van der Waals surface area contributed by atoms with Crippen molar-refractivity contribution in [2.45, 2.75) is 10.6 Å². The highest BCUT2D eigenvalue weighted by Crippen LogP contribution is 2.32. The number of fused-ring (bicyclic) bond motifs is 1. The van der Waals surface area contributed by atoms with Gasteiger partial charge in [-0.05, 0) is 29.8 Å². The Kier molecular flexibility index (Phi) is 3.86. The first kappa shape index (κ1) is 14.0. The minimum atomic E-state index is 0.194. The molecule has 0 aliphatic carbocycles. The van der Waals surface area contributed by atoms with Crippen LogP contribution in [0.5, 0.6) is 0 Å². The second-order valence-electron chi connectivity index (χ2n) is 4.53. The fourth-order valence-electron chi connectivity index (χ4n) is 2.06. The lowest BCUT2D eigenvalue weighted by Gasteiger charge is -2.08. The first-order valence-corrected chi connectivity index (χ1v) is 7.69. The second kappa shape index (κ2) is 5.79. The van der Waals surface area contributed by atoms with Crippen molar-refractivity contribution in [1.82, 2.24) is 9.97 Å². The normalized spacial score (nSPS) is 10.9. The highest BCUT2D eigenvalue weighted by Gasteiger charge is 2.09. The summed E-state index contributed by atoms with van der Waals surface area (Å²) in [4.78, 5) is 9.30. The standard InChI is InChI=1S/C15H13ClN4S/c16-10-6-4-9(5-7-10)8-21-12-3-1-2-11-13(12)14(17)20-15(18)19-11/h1-7H,8H2,(H4,17,18,19,20). The Morgan fingerprint density at radius 3 is 2.52 bits per heavy atom. The molecule has 0 aliphatic rings. The molecule has 2 aromatic carbocycles. The predicted octanol–water partition coefficient (Wildman–Crippen LogP) is 3.74. The van der Waals surface area contributed by atoms with Crippen LogP contribution in [0.3, 0.4) is 0 Å². The first-order chi connectivity index (χ1) is 10.1. The van der Waals surface area contributed by atoms with Crippen molar-refractivity contribution < 1.29 is 0 Å². The summed E-state index contributed by atoms with van der Waals surface area (Å²) in [5.74, 6) is 1.43. The molecule has 1 heterocycles. The van der Waals surface area contributed by atoms with Crippen LogP contribution >= 0.6 is 23.4 Å². The quantitative estimate of drug-likeness (QED) is 0.720. The number of thioether (sulfide) groups is 1. The summed E-state index contributed by atoms with van der Waals surface area (Å²) in [5.41, 5.74) is 13.6. The molecule has 4 N–H and O–H groups in total. The van der Waals surface area contributed by atoms with E-state index in [1.54, 1.807) is 11.8 Å². The molecule has 0 radical (unpaired) electrons. The lowest BCUT2D eigenvalue weighted by Crippen LogP contribution is -2.01. The summed E-state index contributed by atoms with van der Waals surface area (Å²) in [5, 5.41) is 1.59. The van der Waals surface area contributed by atoms with Crippen LogP contribution in [0.15, 0.2) is 47.4 Å². The number of rotatable bonds is 3. The molecule has 1 aromatic heterocycles. The van der Waals surface area contributed by atoms with Crippen LogP contribution in [0.1, 0.15) is 5.56 Å². The van der Waals surface area contributed by atoms with Gasteiger partial charge in [0.25, 0.3) is 0 Å². The van der Waals surface area contributed by atoms with E-state index in [-0.39, 0.29) is 5.95 Å². The zero-order valence-corrected chi connectivity index (χ0v) is 12.7. The largest absolute Gasteiger partial charge is 0.383 e. The maximum absolute atomic E-state index is 5.98. The first-order valence-electron chi connectivity index (χ1n) is 6.32. The minimum Gasteiger partial charge on any atom is -0.383 e. The molecule has 21 heavy (non-hydrogen) atoms. The van der Waals surface area contributed by atoms with Gasteiger partial charge in [-0.15, -0.1) is 11.8 Å². The number of nitrogens with two attached hydrogens (primary N) is 2. The maximum Gasteiger partial charge on any atom is 0.222 e. The molecule has 0 saturated heterocycles. The van der Waals surface area contributed by atoms with Crippen molar-refractivity contribution in [1.29, 1.82) is 0 Å². The monoisotopic (exact) mass is 316 g/mol. The van der Waals surface area contributed by atoms with Gasteiger partial charge in [0, 0.05) is 15.7 Å². The van der Waals surface area contributed by atoms with Crippen LogP contribution in [-0.2, 0) is 5.75 Å². The Labute approximate surface area is 131 Å². The molecular formula is C15H13ClN4S. The van der Waals surface area contributed by atoms with Crippen LogP contribution in [0.2, 0.25) is 5.02 Å². The average Bonchev–Trinajstić information content (AvgIpc) is 2.46. The Morgan fingerprint density at radius 1 is 1.00 bits per heavy atom. The number of hydrogen-bond donors (Lipinski definition) is 2. The van der Waals surface area contributed by atoms with Crippen LogP contribution in [0, 0.1) is 0 Å². The van der Waals surface area contributed by atoms with Crippen LogP contribution in [0.25, 0.3) is 10.9 Å². The molecule has 0 amide bonds. The fourth-order valence-corrected chi connectivity index (χ4v) is 3.23. The molecule has 0 bridgehead atoms. The summed E-state index contributed by atoms with van der Waals surface area (Å²) in [6.45, 7) is 0. The molecule has 0 atom stereocenters. The van der Waals surface area contributed by atoms with E-state index >= 15 is 0 Å². The Morgan fingerprint density at radius 2 is 1.76 bits per heavy atom. The molecule has 3 rings (SSSR count). The van der Waals surface area contributed by atoms with E-state index in [0.29, 0.717) is 5.82 Å². The third-order valence-corrected chi connectivity index (χ3v) is 4.42. The summed E-state index contributed by atoms with van der Waals surface area (Å²) < 4.78 is 0. The number of benzene rings is 2. The summed E-state index contributed by atoms with van der Waals surface area (Å²) in [6.07, 6.45) is 0. The van der Waals surface area contributed by atoms with Gasteiger partial charge in [0.15, 0.2) is 0 Å². The zero-order chi connectivity index (χ0) is 14.8. The third-order valence-electron chi connectivity index (χ3n) is 3.04. The molecule has 0 unspecified atom stereocenters. The molecule has 0 spiro atoms. The van der Waals surface area contributed by atoms with Gasteiger partial charge < -0.3 is 11.5 Å². The van der Waals surface area contributed by atoms with Gasteiger partial charge in [0.05, 0.1) is 10.9 Å². The van der Waals surface area contributed by atoms with E-state index < -0.39 is 0 Å². The zero-order valence-electron chi connectivity index (χ0n) is 11.1. The van der Waals surface area contributed by atoms with Gasteiger partial charge in [0.1, 0.15) is 5.82 Å². The number of hydrogen-bond acceptors (Lipinski definition) is 5. The van der Waals surface area contributed by atoms with Crippen molar-refractivity contribution in [3.05, 3.63) is 53.1 Å². The van der Waals surface area contributed by atoms with Crippen molar-refractivity contribution >= 4 is 46.0 Å². The van der Waals surface area contributed by atoms with E-state index in [9.17, 15) is 0 Å². The molecule has 0 aliphatic heterocycles. The highest BCUT2D eigenvalue weighted by atomic mass is 35.5. The summed E-state index contributed by atoms with van der Waals surface area (Å²) in [6, 6.07) is 13.6. The third kappa shape index (κ3) is 3.04. The summed E-state index contributed by atoms with van der Waals surface area (Å²) in [7, 11) is 0. The lowest BCUT2D eigenvalue weighted by molar-refractivity contribution is 1.23. The maximum atomic E-state index is 5.98. The van der Waals surface area contributed by atoms with Crippen LogP contribution in [0.4, 0.5) is 11.8 Å². The predicted molar refractivity (Wildman–Crippen MR) is 89.4 cm³/mol. The smallest absolute Gasteiger partial charge is 0.222 e. The van der Waals surface area contributed by atoms with Crippen molar-refractivity contribution in [3.63, 3.8) is 0 Å². The van der Waals surface area contributed by atoms with E-state index in [0.717, 1.165) is 26.6 Å². The Balaban J connectivity index is 1.92. The van der Waals surface area contributed by atoms with Gasteiger partial charge in [-0.1, -0.05) is 29.8 Å². The van der Waals surface area contributed by atoms with Gasteiger partial charge in [-0.3, -0.25) is 0 Å². The number of aromatic nitrogens is 2. The van der Waals surface area contributed by atoms with E-state index in [4.69, 9.17) is 23.1 Å². The number of nitrogen functional groups attached to an aromatic ring is 2. The Bertz CT molecular complexity index is 790. The van der Waals surface area contributed by atoms with Gasteiger partial charge >= 0.3 is 0 Å². The number of halogens is 1. The van der Waals surface area contributed by atoms with E-state index in [2.05, 4.69) is 9.97 Å². The van der Waals surface area contributed by atoms with Gasteiger partial charge in [0.2, 0.25) is 5.95 Å². The van der Waals surface area contributed by atoms with E-state index in [1.807, 2.05) is 42.5 Å². The van der Waals surface area contributed by atoms with Crippen molar-refractivity contribution in [3.8, 4) is 0 Å². The molecule has 106 valence electrons. The highest BCUT2D eigenvalue weighted by molar-refractivity contribution is 7.98. The Hall–Kier alpha value is -1.98. The van der Waals surface area contributed by atoms with Crippen molar-refractivity contribution in [2.24, 2.45) is 0 Å². The second-order valence-corrected chi connectivity index (χ2v) is 5.99. The topological polar surface area (TPSA) is 77.8 Å². The molecule has 0 fully saturated rings. The number of nitrogens with zero attached hydrogens (tertiary/aromatic N) is 2. The van der Waals surface area contributed by atoms with Gasteiger partial charge in [-0.25, -0.2) is 4.98 Å². The lowest BCUT2D eigenvalue weighted by atomic mass is 10.2. The molecule has 4 nitrogen and oxygen atoms in total. The SMILES string of the molecule is Nc1nc(N)c2c(SCc3ccc(Cl)cc3)cccc2n1. The molecule has 3 aromatic rings. The van der Waals surface area contributed by atoms with Gasteiger partial charge in [-0.2, -0.15) is 4.98 Å². The van der Waals surface area contributed by atoms with E-state index in [1.165, 1.54) is 5.56 Å². The van der Waals surface area contributed by atoms with Crippen LogP contribution in [-0.4, -0.2) is 9.97 Å². The summed E-state index contributed by atoms with van der Waals surface area (Å²) >= 11 is 7.58. The minimum absolute atomic E-state index is 0.194. The fraction of sp³-hybridized carbons (Fsp3) is 0.0667. The van der Waals surface area contributed by atoms with Crippen molar-refractivity contribution in [2.75, 3.05) is 11.5 Å².